The van der Waals surface area contributed by atoms with Crippen molar-refractivity contribution in [2.75, 3.05) is 11.1 Å². The van der Waals surface area contributed by atoms with Crippen LogP contribution in [0.5, 0.6) is 0 Å². The van der Waals surface area contributed by atoms with Gasteiger partial charge in [-0.25, -0.2) is 5.01 Å². The molecule has 0 spiro atoms. The summed E-state index contributed by atoms with van der Waals surface area (Å²) >= 11 is 2.79. The van der Waals surface area contributed by atoms with Crippen molar-refractivity contribution in [3.05, 3.63) is 83.7 Å². The van der Waals surface area contributed by atoms with Gasteiger partial charge in [-0.05, 0) is 74.2 Å². The Bertz CT molecular complexity index is 1430. The molecule has 10 heteroatoms. The molecule has 188 valence electrons. The van der Waals surface area contributed by atoms with E-state index in [0.29, 0.717) is 5.13 Å². The molecule has 1 amide bonds. The molecule has 1 aromatic carbocycles. The summed E-state index contributed by atoms with van der Waals surface area (Å²) < 4.78 is 12.0. The van der Waals surface area contributed by atoms with E-state index < -0.39 is 0 Å². The second kappa shape index (κ2) is 10.4. The minimum Gasteiger partial charge on any atom is -0.467 e. The molecule has 2 aliphatic rings. The van der Waals surface area contributed by atoms with Crippen molar-refractivity contribution < 1.29 is 13.6 Å². The molecule has 3 aromatic heterocycles. The van der Waals surface area contributed by atoms with Crippen LogP contribution in [0.2, 0.25) is 0 Å². The van der Waals surface area contributed by atoms with Gasteiger partial charge in [-0.3, -0.25) is 4.79 Å². The number of aromatic nitrogens is 2. The summed E-state index contributed by atoms with van der Waals surface area (Å²) in [4.78, 5) is 13.5. The van der Waals surface area contributed by atoms with Gasteiger partial charge in [-0.2, -0.15) is 5.10 Å². The Hall–Kier alpha value is -3.63. The Labute approximate surface area is 222 Å². The second-order valence-electron chi connectivity index (χ2n) is 9.02. The topological polar surface area (TPSA) is 96.8 Å². The highest BCUT2D eigenvalue weighted by Crippen LogP contribution is 2.45. The first-order valence-electron chi connectivity index (χ1n) is 12.1. The predicted octanol–water partition coefficient (Wildman–Crippen LogP) is 6.69. The molecular formula is C27H25N5O3S2. The maximum atomic E-state index is 13.5. The van der Waals surface area contributed by atoms with E-state index in [1.807, 2.05) is 61.5 Å². The highest BCUT2D eigenvalue weighted by Gasteiger charge is 2.45. The van der Waals surface area contributed by atoms with Gasteiger partial charge in [0.2, 0.25) is 5.13 Å². The first kappa shape index (κ1) is 23.7. The highest BCUT2D eigenvalue weighted by molar-refractivity contribution is 8.01. The zero-order valence-electron chi connectivity index (χ0n) is 20.2. The van der Waals surface area contributed by atoms with Crippen LogP contribution < -0.4 is 5.32 Å². The number of allylic oxidation sites excluding steroid dienone is 1. The zero-order valence-corrected chi connectivity index (χ0v) is 21.8. The molecule has 2 atom stereocenters. The van der Waals surface area contributed by atoms with Gasteiger partial charge >= 0.3 is 0 Å². The Kier molecular flexibility index (Phi) is 6.67. The van der Waals surface area contributed by atoms with E-state index in [-0.39, 0.29) is 23.6 Å². The van der Waals surface area contributed by atoms with Crippen LogP contribution in [0.4, 0.5) is 10.8 Å². The van der Waals surface area contributed by atoms with Crippen molar-refractivity contribution in [3.8, 4) is 0 Å². The number of hydrogen-bond acceptors (Lipinski definition) is 9. The number of carbonyl (C=O) groups excluding carboxylic acids is 1. The number of fused-ring (bicyclic) bond motifs is 1. The molecule has 2 unspecified atom stereocenters. The highest BCUT2D eigenvalue weighted by atomic mass is 32.2. The number of anilines is 2. The number of hydrazone groups is 1. The van der Waals surface area contributed by atoms with Crippen molar-refractivity contribution in [2.45, 2.75) is 36.6 Å². The third-order valence-electron chi connectivity index (χ3n) is 6.48. The van der Waals surface area contributed by atoms with Gasteiger partial charge in [-0.15, -0.1) is 10.2 Å². The van der Waals surface area contributed by atoms with Crippen molar-refractivity contribution in [3.63, 3.8) is 0 Å². The Morgan fingerprint density at radius 3 is 2.78 bits per heavy atom. The van der Waals surface area contributed by atoms with Crippen molar-refractivity contribution in [2.24, 2.45) is 11.0 Å². The average Bonchev–Trinajstić information content (AvgIpc) is 3.71. The minimum absolute atomic E-state index is 0.0851. The van der Waals surface area contributed by atoms with E-state index in [2.05, 4.69) is 15.5 Å². The van der Waals surface area contributed by atoms with Crippen LogP contribution >= 0.6 is 23.1 Å². The zero-order chi connectivity index (χ0) is 25.2. The summed E-state index contributed by atoms with van der Waals surface area (Å²) in [6.45, 7) is 2.05. The van der Waals surface area contributed by atoms with E-state index in [9.17, 15) is 4.79 Å². The SMILES string of the molecule is Cc1ccc(Nc2nnc(SCC(=O)N3N=C4C(=Cc5ccco5)CCCC4C3c3ccco3)s2)cc1. The number of thioether (sulfide) groups is 1. The second-order valence-corrected chi connectivity index (χ2v) is 11.2. The number of hydrogen-bond donors (Lipinski definition) is 1. The third-order valence-corrected chi connectivity index (χ3v) is 8.44. The van der Waals surface area contributed by atoms with Gasteiger partial charge in [0.15, 0.2) is 4.34 Å². The molecule has 4 heterocycles. The van der Waals surface area contributed by atoms with E-state index in [1.54, 1.807) is 17.5 Å². The number of nitrogens with one attached hydrogen (secondary N) is 1. The maximum Gasteiger partial charge on any atom is 0.253 e. The first-order valence-corrected chi connectivity index (χ1v) is 13.9. The molecule has 0 bridgehead atoms. The number of carbonyl (C=O) groups is 1. The molecule has 6 rings (SSSR count). The largest absolute Gasteiger partial charge is 0.467 e. The maximum absolute atomic E-state index is 13.5. The number of rotatable bonds is 7. The van der Waals surface area contributed by atoms with E-state index in [4.69, 9.17) is 13.9 Å². The van der Waals surface area contributed by atoms with Crippen LogP contribution in [0.3, 0.4) is 0 Å². The van der Waals surface area contributed by atoms with Gasteiger partial charge in [0, 0.05) is 11.6 Å². The molecule has 1 aliphatic carbocycles. The van der Waals surface area contributed by atoms with E-state index >= 15 is 0 Å². The molecule has 1 saturated carbocycles. The quantitative estimate of drug-likeness (QED) is 0.265. The summed E-state index contributed by atoms with van der Waals surface area (Å²) in [5.74, 6) is 1.74. The van der Waals surface area contributed by atoms with Crippen LogP contribution in [0.15, 0.2) is 84.9 Å². The van der Waals surface area contributed by atoms with Crippen LogP contribution in [-0.4, -0.2) is 32.6 Å². The van der Waals surface area contributed by atoms with Crippen LogP contribution in [-0.2, 0) is 4.79 Å². The van der Waals surface area contributed by atoms with Gasteiger partial charge in [0.05, 0.1) is 24.0 Å². The van der Waals surface area contributed by atoms with Gasteiger partial charge in [-0.1, -0.05) is 40.8 Å². The summed E-state index contributed by atoms with van der Waals surface area (Å²) in [7, 11) is 0. The fourth-order valence-electron chi connectivity index (χ4n) is 4.76. The smallest absolute Gasteiger partial charge is 0.253 e. The molecule has 1 N–H and O–H groups in total. The lowest BCUT2D eigenvalue weighted by molar-refractivity contribution is -0.131. The molecule has 37 heavy (non-hydrogen) atoms. The lowest BCUT2D eigenvalue weighted by Gasteiger charge is -2.27. The standard InChI is InChI=1S/C27H25N5O3S2/c1-17-9-11-19(12-10-17)28-26-29-30-27(37-26)36-16-23(33)32-25(22-8-4-14-35-22)21-7-2-5-18(24(21)31-32)15-20-6-3-13-34-20/h3-4,6,8-15,21,25H,2,5,7,16H2,1H3,(H,28,29). The minimum atomic E-state index is -0.258. The van der Waals surface area contributed by atoms with Gasteiger partial charge < -0.3 is 14.2 Å². The fourth-order valence-corrected chi connectivity index (χ4v) is 6.38. The lowest BCUT2D eigenvalue weighted by Crippen LogP contribution is -2.32. The number of aryl methyl sites for hydroxylation is 1. The average molecular weight is 532 g/mol. The Balaban J connectivity index is 1.19. The molecule has 0 radical (unpaired) electrons. The Morgan fingerprint density at radius 1 is 1.16 bits per heavy atom. The van der Waals surface area contributed by atoms with Crippen molar-refractivity contribution in [1.29, 1.82) is 0 Å². The molecular weight excluding hydrogens is 506 g/mol. The van der Waals surface area contributed by atoms with Crippen LogP contribution in [0.25, 0.3) is 6.08 Å². The van der Waals surface area contributed by atoms with Crippen molar-refractivity contribution >= 4 is 51.6 Å². The van der Waals surface area contributed by atoms with Crippen LogP contribution in [0.1, 0.15) is 42.4 Å². The van der Waals surface area contributed by atoms with Crippen molar-refractivity contribution in [1.82, 2.24) is 15.2 Å². The Morgan fingerprint density at radius 2 is 2.00 bits per heavy atom. The fraction of sp³-hybridized carbons (Fsp3) is 0.259. The number of nitrogens with zero attached hydrogens (tertiary/aromatic N) is 4. The van der Waals surface area contributed by atoms with Crippen LogP contribution in [0, 0.1) is 12.8 Å². The summed E-state index contributed by atoms with van der Waals surface area (Å²) in [5, 5.41) is 18.9. The third kappa shape index (κ3) is 5.12. The molecule has 4 aromatic rings. The molecule has 1 aliphatic heterocycles. The monoisotopic (exact) mass is 531 g/mol. The summed E-state index contributed by atoms with van der Waals surface area (Å²) in [5.41, 5.74) is 4.20. The summed E-state index contributed by atoms with van der Waals surface area (Å²) in [6, 6.07) is 15.4. The number of benzene rings is 1. The van der Waals surface area contributed by atoms with Gasteiger partial charge in [0.1, 0.15) is 17.6 Å². The summed E-state index contributed by atoms with van der Waals surface area (Å²) in [6.07, 6.45) is 8.22. The normalized spacial score (nSPS) is 20.2. The van der Waals surface area contributed by atoms with E-state index in [1.165, 1.54) is 28.7 Å². The number of amides is 1. The predicted molar refractivity (Wildman–Crippen MR) is 145 cm³/mol. The molecule has 8 nitrogen and oxygen atoms in total. The lowest BCUT2D eigenvalue weighted by atomic mass is 9.79. The van der Waals surface area contributed by atoms with E-state index in [0.717, 1.165) is 52.1 Å². The first-order chi connectivity index (χ1) is 18.1. The molecule has 0 saturated heterocycles. The van der Waals surface area contributed by atoms with Gasteiger partial charge in [0.25, 0.3) is 5.91 Å². The number of furan rings is 2. The molecule has 1 fully saturated rings.